The zero-order valence-corrected chi connectivity index (χ0v) is 8.19. The van der Waals surface area contributed by atoms with Crippen LogP contribution in [0.3, 0.4) is 0 Å². The van der Waals surface area contributed by atoms with Crippen molar-refractivity contribution >= 4 is 17.9 Å². The molecule has 0 atom stereocenters. The molecule has 4 heteroatoms. The maximum Gasteiger partial charge on any atom is 0.164 e. The van der Waals surface area contributed by atoms with E-state index in [1.54, 1.807) is 24.3 Å². The normalized spacial score (nSPS) is 9.60. The third kappa shape index (κ3) is 2.74. The minimum atomic E-state index is -0.159. The monoisotopic (exact) mass is 204 g/mol. The second-order valence-electron chi connectivity index (χ2n) is 3.09. The lowest BCUT2D eigenvalue weighted by molar-refractivity contribution is -0.107. The summed E-state index contributed by atoms with van der Waals surface area (Å²) in [6, 6.07) is 6.66. The maximum atomic E-state index is 11.6. The fourth-order valence-electron chi connectivity index (χ4n) is 1.29. The van der Waals surface area contributed by atoms with Crippen LogP contribution < -0.4 is 5.73 Å². The van der Waals surface area contributed by atoms with Crippen molar-refractivity contribution in [2.75, 3.05) is 0 Å². The van der Waals surface area contributed by atoms with Crippen LogP contribution in [0.25, 0.3) is 0 Å². The van der Waals surface area contributed by atoms with E-state index in [0.717, 1.165) is 0 Å². The Labute approximate surface area is 87.6 Å². The lowest BCUT2D eigenvalue weighted by atomic mass is 10.0. The van der Waals surface area contributed by atoms with Gasteiger partial charge >= 0.3 is 0 Å². The molecule has 0 heterocycles. The summed E-state index contributed by atoms with van der Waals surface area (Å²) in [5.41, 5.74) is 6.18. The molecule has 0 saturated heterocycles. The van der Waals surface area contributed by atoms with Crippen molar-refractivity contribution in [3.05, 3.63) is 35.4 Å². The summed E-state index contributed by atoms with van der Waals surface area (Å²) in [5.74, 6) is -0.294. The lowest BCUT2D eigenvalue weighted by Gasteiger charge is -2.05. The topological polar surface area (TPSA) is 84.0 Å². The molecule has 1 aromatic rings. The fourth-order valence-corrected chi connectivity index (χ4v) is 1.29. The van der Waals surface area contributed by atoms with Crippen LogP contribution in [0.2, 0.25) is 0 Å². The average molecular weight is 204 g/mol. The SMILES string of the molecule is N=C(N)c1ccccc1C(=O)CCC=O. The van der Waals surface area contributed by atoms with Gasteiger partial charge in [0.2, 0.25) is 0 Å². The number of carbonyl (C=O) groups is 2. The van der Waals surface area contributed by atoms with Gasteiger partial charge in [-0.3, -0.25) is 10.2 Å². The van der Waals surface area contributed by atoms with Crippen LogP contribution in [-0.2, 0) is 4.79 Å². The highest BCUT2D eigenvalue weighted by atomic mass is 16.1. The van der Waals surface area contributed by atoms with Gasteiger partial charge in [-0.1, -0.05) is 24.3 Å². The van der Waals surface area contributed by atoms with Gasteiger partial charge in [0.1, 0.15) is 12.1 Å². The van der Waals surface area contributed by atoms with Crippen molar-refractivity contribution < 1.29 is 9.59 Å². The number of nitrogens with one attached hydrogen (secondary N) is 1. The van der Waals surface area contributed by atoms with Gasteiger partial charge in [0, 0.05) is 24.0 Å². The average Bonchev–Trinajstić information content (AvgIpc) is 2.25. The Morgan fingerprint density at radius 3 is 2.47 bits per heavy atom. The van der Waals surface area contributed by atoms with Crippen LogP contribution in [0, 0.1) is 5.41 Å². The molecule has 3 N–H and O–H groups in total. The molecule has 15 heavy (non-hydrogen) atoms. The summed E-state index contributed by atoms with van der Waals surface area (Å²) in [4.78, 5) is 21.8. The van der Waals surface area contributed by atoms with Crippen LogP contribution in [0.1, 0.15) is 28.8 Å². The zero-order valence-electron chi connectivity index (χ0n) is 8.19. The van der Waals surface area contributed by atoms with Crippen molar-refractivity contribution in [3.63, 3.8) is 0 Å². The van der Waals surface area contributed by atoms with Crippen LogP contribution in [0.15, 0.2) is 24.3 Å². The number of hydrogen-bond donors (Lipinski definition) is 2. The van der Waals surface area contributed by atoms with Crippen molar-refractivity contribution in [1.29, 1.82) is 5.41 Å². The highest BCUT2D eigenvalue weighted by Crippen LogP contribution is 2.11. The Balaban J connectivity index is 2.97. The standard InChI is InChI=1S/C11H12N2O2/c12-11(13)9-5-2-1-4-8(9)10(15)6-3-7-14/h1-2,4-5,7H,3,6H2,(H3,12,13). The molecule has 0 aromatic heterocycles. The Morgan fingerprint density at radius 2 is 1.93 bits per heavy atom. The summed E-state index contributed by atoms with van der Waals surface area (Å²) >= 11 is 0. The molecule has 0 amide bonds. The Morgan fingerprint density at radius 1 is 1.33 bits per heavy atom. The van der Waals surface area contributed by atoms with Crippen molar-refractivity contribution in [1.82, 2.24) is 0 Å². The second-order valence-corrected chi connectivity index (χ2v) is 3.09. The van der Waals surface area contributed by atoms with Gasteiger partial charge in [-0.2, -0.15) is 0 Å². The van der Waals surface area contributed by atoms with E-state index in [0.29, 0.717) is 17.4 Å². The first-order valence-corrected chi connectivity index (χ1v) is 4.57. The number of nitrogen functional groups attached to an aromatic ring is 1. The smallest absolute Gasteiger partial charge is 0.164 e. The zero-order chi connectivity index (χ0) is 11.3. The van der Waals surface area contributed by atoms with Gasteiger partial charge in [0.05, 0.1) is 0 Å². The van der Waals surface area contributed by atoms with Crippen LogP contribution >= 0.6 is 0 Å². The molecular formula is C11H12N2O2. The maximum absolute atomic E-state index is 11.6. The summed E-state index contributed by atoms with van der Waals surface area (Å²) < 4.78 is 0. The minimum Gasteiger partial charge on any atom is -0.384 e. The number of aldehydes is 1. The third-order valence-corrected chi connectivity index (χ3v) is 2.01. The molecule has 0 unspecified atom stereocenters. The van der Waals surface area contributed by atoms with E-state index in [2.05, 4.69) is 0 Å². The number of carbonyl (C=O) groups excluding carboxylic acids is 2. The number of nitrogens with two attached hydrogens (primary N) is 1. The molecule has 4 nitrogen and oxygen atoms in total. The predicted molar refractivity (Wildman–Crippen MR) is 57.1 cm³/mol. The quantitative estimate of drug-likeness (QED) is 0.326. The lowest BCUT2D eigenvalue weighted by Crippen LogP contribution is -2.16. The molecule has 0 aliphatic heterocycles. The summed E-state index contributed by atoms with van der Waals surface area (Å²) in [6.45, 7) is 0. The van der Waals surface area contributed by atoms with Crippen molar-refractivity contribution in [2.45, 2.75) is 12.8 Å². The fraction of sp³-hybridized carbons (Fsp3) is 0.182. The molecule has 0 saturated carbocycles. The van der Waals surface area contributed by atoms with Gasteiger partial charge in [0.25, 0.3) is 0 Å². The molecule has 0 fully saturated rings. The number of amidine groups is 1. The van der Waals surface area contributed by atoms with Gasteiger partial charge < -0.3 is 10.5 Å². The number of benzene rings is 1. The van der Waals surface area contributed by atoms with E-state index in [1.807, 2.05) is 0 Å². The molecule has 0 aliphatic rings. The molecule has 1 aromatic carbocycles. The number of Topliss-reactive ketones (excluding diaryl/α,β-unsaturated/α-hetero) is 1. The van der Waals surface area contributed by atoms with E-state index >= 15 is 0 Å². The van der Waals surface area contributed by atoms with Gasteiger partial charge in [0.15, 0.2) is 5.78 Å². The Bertz CT molecular complexity index is 399. The molecule has 0 aliphatic carbocycles. The third-order valence-electron chi connectivity index (χ3n) is 2.01. The van der Waals surface area contributed by atoms with E-state index in [4.69, 9.17) is 11.1 Å². The molecule has 0 spiro atoms. The molecule has 1 rings (SSSR count). The van der Waals surface area contributed by atoms with E-state index in [9.17, 15) is 9.59 Å². The molecular weight excluding hydrogens is 192 g/mol. The number of hydrogen-bond acceptors (Lipinski definition) is 3. The largest absolute Gasteiger partial charge is 0.384 e. The second kappa shape index (κ2) is 5.05. The summed E-state index contributed by atoms with van der Waals surface area (Å²) in [5, 5.41) is 7.30. The van der Waals surface area contributed by atoms with Crippen LogP contribution in [0.5, 0.6) is 0 Å². The first kappa shape index (κ1) is 11.1. The minimum absolute atomic E-state index is 0.134. The van der Waals surface area contributed by atoms with E-state index < -0.39 is 0 Å². The molecule has 0 radical (unpaired) electrons. The van der Waals surface area contributed by atoms with Crippen LogP contribution in [-0.4, -0.2) is 17.9 Å². The number of rotatable bonds is 5. The van der Waals surface area contributed by atoms with Gasteiger partial charge in [-0.05, 0) is 0 Å². The first-order chi connectivity index (χ1) is 7.16. The van der Waals surface area contributed by atoms with Crippen LogP contribution in [0.4, 0.5) is 0 Å². The molecule has 78 valence electrons. The highest BCUT2D eigenvalue weighted by molar-refractivity contribution is 6.08. The van der Waals surface area contributed by atoms with Crippen molar-refractivity contribution in [2.24, 2.45) is 5.73 Å². The Hall–Kier alpha value is -1.97. The van der Waals surface area contributed by atoms with E-state index in [1.165, 1.54) is 0 Å². The predicted octanol–water partition coefficient (Wildman–Crippen LogP) is 1.13. The highest BCUT2D eigenvalue weighted by Gasteiger charge is 2.11. The molecule has 0 bridgehead atoms. The van der Waals surface area contributed by atoms with Gasteiger partial charge in [-0.25, -0.2) is 0 Å². The first-order valence-electron chi connectivity index (χ1n) is 4.57. The summed E-state index contributed by atoms with van der Waals surface area (Å²) in [6.07, 6.45) is 1.06. The Kier molecular flexibility index (Phi) is 3.74. The van der Waals surface area contributed by atoms with E-state index in [-0.39, 0.29) is 24.5 Å². The summed E-state index contributed by atoms with van der Waals surface area (Å²) in [7, 11) is 0. The van der Waals surface area contributed by atoms with Gasteiger partial charge in [-0.15, -0.1) is 0 Å². The van der Waals surface area contributed by atoms with Crippen molar-refractivity contribution in [3.8, 4) is 0 Å². The number of ketones is 1.